The second kappa shape index (κ2) is 2.21. The zero-order chi connectivity index (χ0) is 7.90. The van der Waals surface area contributed by atoms with E-state index in [-0.39, 0.29) is 5.41 Å². The molecule has 0 spiro atoms. The fraction of sp³-hybridized carbons (Fsp3) is 0.600. The molecule has 1 aliphatic carbocycles. The molecule has 2 aliphatic rings. The van der Waals surface area contributed by atoms with Gasteiger partial charge in [-0.05, 0) is 6.42 Å². The van der Waals surface area contributed by atoms with Gasteiger partial charge < -0.3 is 4.74 Å². The summed E-state index contributed by atoms with van der Waals surface area (Å²) in [6, 6.07) is 0. The van der Waals surface area contributed by atoms with E-state index in [2.05, 4.69) is 25.7 Å². The zero-order valence-electron chi connectivity index (χ0n) is 6.97. The van der Waals surface area contributed by atoms with E-state index < -0.39 is 0 Å². The van der Waals surface area contributed by atoms with Crippen molar-refractivity contribution in [1.29, 1.82) is 0 Å². The summed E-state index contributed by atoms with van der Waals surface area (Å²) in [7, 11) is 0. The number of allylic oxidation sites excluding steroid dienone is 1. The van der Waals surface area contributed by atoms with Gasteiger partial charge >= 0.3 is 0 Å². The summed E-state index contributed by atoms with van der Waals surface area (Å²) in [5, 5.41) is 0. The summed E-state index contributed by atoms with van der Waals surface area (Å²) in [6.07, 6.45) is 5.53. The molecule has 0 unspecified atom stereocenters. The Morgan fingerprint density at radius 3 is 3.27 bits per heavy atom. The zero-order valence-corrected chi connectivity index (χ0v) is 6.97. The normalized spacial score (nSPS) is 42.6. The minimum Gasteiger partial charge on any atom is -0.380 e. The Morgan fingerprint density at radius 1 is 1.73 bits per heavy atom. The Labute approximate surface area is 67.7 Å². The SMILES string of the molecule is C=C1CC=C[C@@H]2COC[C@]12C. The quantitative estimate of drug-likeness (QED) is 0.481. The average molecular weight is 150 g/mol. The van der Waals surface area contributed by atoms with Gasteiger partial charge in [-0.3, -0.25) is 0 Å². The third kappa shape index (κ3) is 0.875. The van der Waals surface area contributed by atoms with Crippen LogP contribution in [0.2, 0.25) is 0 Å². The summed E-state index contributed by atoms with van der Waals surface area (Å²) < 4.78 is 5.45. The van der Waals surface area contributed by atoms with Crippen LogP contribution >= 0.6 is 0 Å². The highest BCUT2D eigenvalue weighted by Crippen LogP contribution is 2.44. The molecule has 1 heterocycles. The fourth-order valence-corrected chi connectivity index (χ4v) is 1.93. The Morgan fingerprint density at radius 2 is 2.55 bits per heavy atom. The number of hydrogen-bond donors (Lipinski definition) is 0. The van der Waals surface area contributed by atoms with Gasteiger partial charge in [0.15, 0.2) is 0 Å². The number of ether oxygens (including phenoxy) is 1. The third-order valence-electron chi connectivity index (χ3n) is 3.06. The maximum atomic E-state index is 5.45. The summed E-state index contributed by atoms with van der Waals surface area (Å²) >= 11 is 0. The average Bonchev–Trinajstić information content (AvgIpc) is 2.34. The first kappa shape index (κ1) is 7.11. The van der Waals surface area contributed by atoms with Crippen LogP contribution in [-0.4, -0.2) is 13.2 Å². The molecular formula is C10H14O. The lowest BCUT2D eigenvalue weighted by Crippen LogP contribution is -2.28. The first-order valence-corrected chi connectivity index (χ1v) is 4.16. The molecule has 2 atom stereocenters. The summed E-state index contributed by atoms with van der Waals surface area (Å²) in [4.78, 5) is 0. The van der Waals surface area contributed by atoms with Crippen molar-refractivity contribution in [2.45, 2.75) is 13.3 Å². The molecule has 2 rings (SSSR count). The monoisotopic (exact) mass is 150 g/mol. The van der Waals surface area contributed by atoms with Crippen molar-refractivity contribution in [1.82, 2.24) is 0 Å². The summed E-state index contributed by atoms with van der Waals surface area (Å²) in [6.45, 7) is 8.10. The molecule has 1 aliphatic heterocycles. The van der Waals surface area contributed by atoms with Gasteiger partial charge in [-0.2, -0.15) is 0 Å². The molecule has 0 aromatic carbocycles. The lowest BCUT2D eigenvalue weighted by Gasteiger charge is -2.32. The predicted octanol–water partition coefficient (Wildman–Crippen LogP) is 2.16. The first-order chi connectivity index (χ1) is 5.23. The van der Waals surface area contributed by atoms with E-state index >= 15 is 0 Å². The summed E-state index contributed by atoms with van der Waals surface area (Å²) in [5.74, 6) is 0.587. The molecule has 0 amide bonds. The minimum atomic E-state index is 0.245. The van der Waals surface area contributed by atoms with E-state index in [1.54, 1.807) is 0 Å². The predicted molar refractivity (Wildman–Crippen MR) is 45.3 cm³/mol. The molecule has 1 heteroatoms. The van der Waals surface area contributed by atoms with Crippen molar-refractivity contribution >= 4 is 0 Å². The van der Waals surface area contributed by atoms with Crippen molar-refractivity contribution < 1.29 is 4.74 Å². The second-order valence-corrected chi connectivity index (χ2v) is 3.77. The van der Waals surface area contributed by atoms with E-state index in [1.165, 1.54) is 5.57 Å². The van der Waals surface area contributed by atoms with Gasteiger partial charge in [-0.15, -0.1) is 0 Å². The van der Waals surface area contributed by atoms with Gasteiger partial charge in [0.1, 0.15) is 0 Å². The Bertz CT molecular complexity index is 217. The fourth-order valence-electron chi connectivity index (χ4n) is 1.93. The highest BCUT2D eigenvalue weighted by molar-refractivity contribution is 5.24. The third-order valence-corrected chi connectivity index (χ3v) is 3.06. The van der Waals surface area contributed by atoms with Crippen LogP contribution in [0, 0.1) is 11.3 Å². The lowest BCUT2D eigenvalue weighted by molar-refractivity contribution is 0.171. The van der Waals surface area contributed by atoms with Crippen LogP contribution in [0.3, 0.4) is 0 Å². The van der Waals surface area contributed by atoms with E-state index in [9.17, 15) is 0 Å². The second-order valence-electron chi connectivity index (χ2n) is 3.77. The van der Waals surface area contributed by atoms with Gasteiger partial charge in [-0.1, -0.05) is 31.2 Å². The van der Waals surface area contributed by atoms with Gasteiger partial charge in [-0.25, -0.2) is 0 Å². The minimum absolute atomic E-state index is 0.245. The molecule has 0 N–H and O–H groups in total. The van der Waals surface area contributed by atoms with Gasteiger partial charge in [0.05, 0.1) is 13.2 Å². The van der Waals surface area contributed by atoms with Crippen LogP contribution in [0.4, 0.5) is 0 Å². The standard InChI is InChI=1S/C10H14O/c1-8-4-3-5-9-6-11-7-10(8,9)2/h3,5,9H,1,4,6-7H2,2H3/t9-,10-/m1/s1. The molecular weight excluding hydrogens is 136 g/mol. The van der Waals surface area contributed by atoms with Crippen LogP contribution in [0.5, 0.6) is 0 Å². The van der Waals surface area contributed by atoms with Crippen molar-refractivity contribution in [2.24, 2.45) is 11.3 Å². The highest BCUT2D eigenvalue weighted by atomic mass is 16.5. The number of fused-ring (bicyclic) bond motifs is 1. The molecule has 11 heavy (non-hydrogen) atoms. The Balaban J connectivity index is 2.35. The largest absolute Gasteiger partial charge is 0.380 e. The van der Waals surface area contributed by atoms with Crippen LogP contribution in [0.15, 0.2) is 24.3 Å². The topological polar surface area (TPSA) is 9.23 Å². The molecule has 0 radical (unpaired) electrons. The van der Waals surface area contributed by atoms with Crippen LogP contribution in [0.25, 0.3) is 0 Å². The maximum Gasteiger partial charge on any atom is 0.0563 e. The van der Waals surface area contributed by atoms with Gasteiger partial charge in [0, 0.05) is 11.3 Å². The number of hydrogen-bond acceptors (Lipinski definition) is 1. The van der Waals surface area contributed by atoms with Crippen molar-refractivity contribution in [3.63, 3.8) is 0 Å². The molecule has 1 saturated heterocycles. The van der Waals surface area contributed by atoms with Crippen LogP contribution < -0.4 is 0 Å². The first-order valence-electron chi connectivity index (χ1n) is 4.16. The number of rotatable bonds is 0. The Hall–Kier alpha value is -0.560. The Kier molecular flexibility index (Phi) is 1.43. The summed E-state index contributed by atoms with van der Waals surface area (Å²) in [5.41, 5.74) is 1.58. The lowest BCUT2D eigenvalue weighted by atomic mass is 9.70. The molecule has 0 saturated carbocycles. The van der Waals surface area contributed by atoms with Crippen molar-refractivity contribution in [3.05, 3.63) is 24.3 Å². The molecule has 1 fully saturated rings. The van der Waals surface area contributed by atoms with Crippen LogP contribution in [-0.2, 0) is 4.74 Å². The molecule has 1 nitrogen and oxygen atoms in total. The van der Waals surface area contributed by atoms with Crippen molar-refractivity contribution in [3.8, 4) is 0 Å². The molecule has 0 aromatic heterocycles. The maximum absolute atomic E-state index is 5.45. The molecule has 60 valence electrons. The van der Waals surface area contributed by atoms with E-state index in [0.29, 0.717) is 5.92 Å². The van der Waals surface area contributed by atoms with Gasteiger partial charge in [0.25, 0.3) is 0 Å². The van der Waals surface area contributed by atoms with Crippen molar-refractivity contribution in [2.75, 3.05) is 13.2 Å². The van der Waals surface area contributed by atoms with Crippen LogP contribution in [0.1, 0.15) is 13.3 Å². The van der Waals surface area contributed by atoms with E-state index in [4.69, 9.17) is 4.74 Å². The van der Waals surface area contributed by atoms with E-state index in [1.807, 2.05) is 0 Å². The highest BCUT2D eigenvalue weighted by Gasteiger charge is 2.41. The molecule has 0 bridgehead atoms. The van der Waals surface area contributed by atoms with E-state index in [0.717, 1.165) is 19.6 Å². The molecule has 0 aromatic rings. The smallest absolute Gasteiger partial charge is 0.0563 e. The van der Waals surface area contributed by atoms with Gasteiger partial charge in [0.2, 0.25) is 0 Å².